The molecule has 1 aromatic rings. The van der Waals surface area contributed by atoms with Crippen LogP contribution in [0.15, 0.2) is 36.3 Å². The van der Waals surface area contributed by atoms with Crippen molar-refractivity contribution in [3.05, 3.63) is 42.5 Å². The van der Waals surface area contributed by atoms with E-state index in [1.807, 2.05) is 31.2 Å². The first kappa shape index (κ1) is 9.14. The lowest BCUT2D eigenvalue weighted by Crippen LogP contribution is -1.85. The van der Waals surface area contributed by atoms with Crippen LogP contribution in [-0.4, -0.2) is 0 Å². The molecule has 0 spiro atoms. The van der Waals surface area contributed by atoms with Crippen LogP contribution in [0.25, 0.3) is 11.6 Å². The van der Waals surface area contributed by atoms with E-state index in [0.717, 1.165) is 21.6 Å². The maximum Gasteiger partial charge on any atom is 0.0118 e. The third-order valence-corrected chi connectivity index (χ3v) is 2.14. The van der Waals surface area contributed by atoms with Crippen LogP contribution >= 0.6 is 12.6 Å². The van der Waals surface area contributed by atoms with Crippen LogP contribution in [0, 0.1) is 0 Å². The Labute approximate surface area is 79.0 Å². The molecule has 0 aliphatic carbocycles. The summed E-state index contributed by atoms with van der Waals surface area (Å²) in [7, 11) is 0. The highest BCUT2D eigenvalue weighted by molar-refractivity contribution is 7.80. The molecule has 62 valence electrons. The molecular weight excluding hydrogens is 164 g/mol. The van der Waals surface area contributed by atoms with Crippen molar-refractivity contribution < 1.29 is 0 Å². The van der Waals surface area contributed by atoms with E-state index in [1.54, 1.807) is 0 Å². The standard InChI is InChI=1S/C11H12S/c1-4-9-10(8(2)3)6-5-7-11(9)12/h4-7,12H,1-2H2,3H3. The average molecular weight is 176 g/mol. The van der Waals surface area contributed by atoms with Gasteiger partial charge in [-0.15, -0.1) is 12.6 Å². The molecule has 1 aromatic carbocycles. The Bertz CT molecular complexity index is 324. The van der Waals surface area contributed by atoms with Crippen LogP contribution in [-0.2, 0) is 0 Å². The van der Waals surface area contributed by atoms with E-state index in [1.165, 1.54) is 0 Å². The minimum absolute atomic E-state index is 0.950. The van der Waals surface area contributed by atoms with E-state index in [9.17, 15) is 0 Å². The third kappa shape index (κ3) is 1.62. The van der Waals surface area contributed by atoms with Crippen molar-refractivity contribution in [3.8, 4) is 0 Å². The molecule has 0 amide bonds. The summed E-state index contributed by atoms with van der Waals surface area (Å²) < 4.78 is 0. The van der Waals surface area contributed by atoms with Gasteiger partial charge in [-0.2, -0.15) is 0 Å². The molecule has 0 heterocycles. The molecule has 0 saturated carbocycles. The molecule has 0 fully saturated rings. The molecule has 0 N–H and O–H groups in total. The van der Waals surface area contributed by atoms with Gasteiger partial charge in [0, 0.05) is 4.90 Å². The van der Waals surface area contributed by atoms with E-state index in [0.29, 0.717) is 0 Å². The first-order valence-corrected chi connectivity index (χ1v) is 4.22. The van der Waals surface area contributed by atoms with Gasteiger partial charge in [0.15, 0.2) is 0 Å². The van der Waals surface area contributed by atoms with Crippen molar-refractivity contribution in [2.24, 2.45) is 0 Å². The topological polar surface area (TPSA) is 0 Å². The number of rotatable bonds is 2. The molecule has 0 nitrogen and oxygen atoms in total. The van der Waals surface area contributed by atoms with E-state index >= 15 is 0 Å². The summed E-state index contributed by atoms with van der Waals surface area (Å²) in [6, 6.07) is 5.95. The zero-order valence-electron chi connectivity index (χ0n) is 7.17. The molecule has 0 aliphatic heterocycles. The van der Waals surface area contributed by atoms with Gasteiger partial charge in [-0.1, -0.05) is 36.9 Å². The Hall–Kier alpha value is -0.950. The fourth-order valence-electron chi connectivity index (χ4n) is 1.14. The van der Waals surface area contributed by atoms with Crippen molar-refractivity contribution in [2.75, 3.05) is 0 Å². The summed E-state index contributed by atoms with van der Waals surface area (Å²) in [6.45, 7) is 9.62. The SMILES string of the molecule is C=Cc1c(S)cccc1C(=C)C. The van der Waals surface area contributed by atoms with Crippen LogP contribution in [0.5, 0.6) is 0 Å². The summed E-state index contributed by atoms with van der Waals surface area (Å²) >= 11 is 4.33. The van der Waals surface area contributed by atoms with Crippen LogP contribution in [0.3, 0.4) is 0 Å². The Morgan fingerprint density at radius 1 is 1.50 bits per heavy atom. The number of thiol groups is 1. The summed E-state index contributed by atoms with van der Waals surface area (Å²) in [6.07, 6.45) is 1.81. The smallest absolute Gasteiger partial charge is 0.0118 e. The van der Waals surface area contributed by atoms with Gasteiger partial charge in [-0.25, -0.2) is 0 Å². The molecule has 1 heteroatoms. The second-order valence-corrected chi connectivity index (χ2v) is 3.20. The normalized spacial score (nSPS) is 9.50. The molecule has 1 rings (SSSR count). The van der Waals surface area contributed by atoms with Crippen LogP contribution in [0.4, 0.5) is 0 Å². The van der Waals surface area contributed by atoms with E-state index < -0.39 is 0 Å². The van der Waals surface area contributed by atoms with Crippen molar-refractivity contribution in [1.82, 2.24) is 0 Å². The highest BCUT2D eigenvalue weighted by Gasteiger charge is 2.01. The number of hydrogen-bond acceptors (Lipinski definition) is 1. The minimum atomic E-state index is 0.950. The summed E-state index contributed by atoms with van der Waals surface area (Å²) in [4.78, 5) is 0.950. The largest absolute Gasteiger partial charge is 0.143 e. The summed E-state index contributed by atoms with van der Waals surface area (Å²) in [5, 5.41) is 0. The van der Waals surface area contributed by atoms with E-state index in [4.69, 9.17) is 0 Å². The molecule has 12 heavy (non-hydrogen) atoms. The Kier molecular flexibility index (Phi) is 2.77. The van der Waals surface area contributed by atoms with Gasteiger partial charge < -0.3 is 0 Å². The van der Waals surface area contributed by atoms with Gasteiger partial charge in [0.05, 0.1) is 0 Å². The van der Waals surface area contributed by atoms with Crippen LogP contribution < -0.4 is 0 Å². The number of hydrogen-bond donors (Lipinski definition) is 1. The molecule has 0 bridgehead atoms. The quantitative estimate of drug-likeness (QED) is 0.653. The van der Waals surface area contributed by atoms with E-state index in [2.05, 4.69) is 25.8 Å². The summed E-state index contributed by atoms with van der Waals surface area (Å²) in [5.74, 6) is 0. The van der Waals surface area contributed by atoms with Gasteiger partial charge in [-0.05, 0) is 24.1 Å². The van der Waals surface area contributed by atoms with Gasteiger partial charge in [0.2, 0.25) is 0 Å². The molecule has 0 radical (unpaired) electrons. The average Bonchev–Trinajstić information content (AvgIpc) is 2.03. The van der Waals surface area contributed by atoms with Crippen molar-refractivity contribution in [2.45, 2.75) is 11.8 Å². The predicted octanol–water partition coefficient (Wildman–Crippen LogP) is 3.65. The second-order valence-electron chi connectivity index (χ2n) is 2.72. The van der Waals surface area contributed by atoms with Gasteiger partial charge in [-0.3, -0.25) is 0 Å². The predicted molar refractivity (Wildman–Crippen MR) is 58.5 cm³/mol. The lowest BCUT2D eigenvalue weighted by atomic mass is 10.0. The van der Waals surface area contributed by atoms with Crippen LogP contribution in [0.1, 0.15) is 18.1 Å². The molecule has 0 aromatic heterocycles. The maximum absolute atomic E-state index is 4.33. The Balaban J connectivity index is 3.37. The first-order valence-electron chi connectivity index (χ1n) is 3.77. The third-order valence-electron chi connectivity index (χ3n) is 1.75. The Morgan fingerprint density at radius 3 is 2.58 bits per heavy atom. The minimum Gasteiger partial charge on any atom is -0.143 e. The highest BCUT2D eigenvalue weighted by atomic mass is 32.1. The van der Waals surface area contributed by atoms with Crippen molar-refractivity contribution >= 4 is 24.3 Å². The fraction of sp³-hybridized carbons (Fsp3) is 0.0909. The second kappa shape index (κ2) is 3.63. The number of allylic oxidation sites excluding steroid dienone is 1. The summed E-state index contributed by atoms with van der Waals surface area (Å²) in [5.41, 5.74) is 3.23. The van der Waals surface area contributed by atoms with Crippen molar-refractivity contribution in [3.63, 3.8) is 0 Å². The highest BCUT2D eigenvalue weighted by Crippen LogP contribution is 2.24. The molecule has 0 aliphatic rings. The zero-order chi connectivity index (χ0) is 9.14. The van der Waals surface area contributed by atoms with Gasteiger partial charge in [0.25, 0.3) is 0 Å². The lowest BCUT2D eigenvalue weighted by Gasteiger charge is -2.06. The van der Waals surface area contributed by atoms with Gasteiger partial charge >= 0.3 is 0 Å². The molecule has 0 unspecified atom stereocenters. The van der Waals surface area contributed by atoms with Gasteiger partial charge in [0.1, 0.15) is 0 Å². The number of benzene rings is 1. The zero-order valence-corrected chi connectivity index (χ0v) is 8.07. The van der Waals surface area contributed by atoms with Crippen LogP contribution in [0.2, 0.25) is 0 Å². The maximum atomic E-state index is 4.33. The lowest BCUT2D eigenvalue weighted by molar-refractivity contribution is 1.39. The monoisotopic (exact) mass is 176 g/mol. The van der Waals surface area contributed by atoms with E-state index in [-0.39, 0.29) is 0 Å². The Morgan fingerprint density at radius 2 is 2.17 bits per heavy atom. The first-order chi connectivity index (χ1) is 5.66. The molecule has 0 saturated heterocycles. The molecule has 0 atom stereocenters. The molecular formula is C11H12S. The fourth-order valence-corrected chi connectivity index (χ4v) is 1.44. The van der Waals surface area contributed by atoms with Crippen molar-refractivity contribution in [1.29, 1.82) is 0 Å².